The first kappa shape index (κ1) is 15.6. The van der Waals surface area contributed by atoms with Gasteiger partial charge in [-0.1, -0.05) is 6.07 Å². The van der Waals surface area contributed by atoms with E-state index in [0.717, 1.165) is 10.4 Å². The van der Waals surface area contributed by atoms with Crippen molar-refractivity contribution in [3.05, 3.63) is 51.3 Å². The monoisotopic (exact) mass is 357 g/mol. The minimum Gasteiger partial charge on any atom is -0.481 e. The van der Waals surface area contributed by atoms with Crippen LogP contribution in [-0.2, 0) is 13.0 Å². The van der Waals surface area contributed by atoms with Gasteiger partial charge in [-0.3, -0.25) is 4.79 Å². The van der Waals surface area contributed by atoms with Crippen LogP contribution in [0.3, 0.4) is 0 Å². The fourth-order valence-electron chi connectivity index (χ4n) is 3.07. The molecule has 0 spiro atoms. The number of aromatic carboxylic acids is 1. The first-order chi connectivity index (χ1) is 12.1. The molecule has 0 aliphatic carbocycles. The van der Waals surface area contributed by atoms with Gasteiger partial charge in [0.05, 0.1) is 30.9 Å². The smallest absolute Gasteiger partial charge is 0.345 e. The van der Waals surface area contributed by atoms with Crippen molar-refractivity contribution >= 4 is 28.7 Å². The summed E-state index contributed by atoms with van der Waals surface area (Å²) in [6.07, 6.45) is 2.21. The second-order valence-corrected chi connectivity index (χ2v) is 6.90. The number of ether oxygens (including phenoxy) is 1. The van der Waals surface area contributed by atoms with Gasteiger partial charge in [-0.25, -0.2) is 9.31 Å². The molecule has 0 saturated carbocycles. The number of hydrogen-bond acceptors (Lipinski definition) is 5. The lowest BCUT2D eigenvalue weighted by Crippen LogP contribution is -2.35. The molecule has 3 aromatic rings. The van der Waals surface area contributed by atoms with E-state index in [1.54, 1.807) is 34.9 Å². The second kappa shape index (κ2) is 5.89. The zero-order valence-electron chi connectivity index (χ0n) is 13.4. The molecule has 1 N–H and O–H groups in total. The number of carboxylic acids is 1. The third-order valence-electron chi connectivity index (χ3n) is 4.33. The number of methoxy groups -OCH3 is 1. The van der Waals surface area contributed by atoms with Crippen molar-refractivity contribution in [1.82, 2.24) is 14.5 Å². The van der Waals surface area contributed by atoms with Crippen LogP contribution in [0.25, 0.3) is 5.52 Å². The number of amides is 1. The zero-order valence-corrected chi connectivity index (χ0v) is 14.2. The molecule has 0 aromatic carbocycles. The van der Waals surface area contributed by atoms with E-state index in [4.69, 9.17) is 9.84 Å². The summed E-state index contributed by atoms with van der Waals surface area (Å²) in [6, 6.07) is 7.13. The van der Waals surface area contributed by atoms with E-state index in [0.29, 0.717) is 41.3 Å². The SMILES string of the molecule is COc1cccc2c(C(=O)N3CCc4cc(C(=O)O)sc4C3)cnn12. The number of carboxylic acid groups (broad SMARTS) is 1. The van der Waals surface area contributed by atoms with Crippen LogP contribution in [0, 0.1) is 0 Å². The molecule has 1 aliphatic rings. The minimum absolute atomic E-state index is 0.112. The fourth-order valence-corrected chi connectivity index (χ4v) is 4.14. The molecule has 0 fully saturated rings. The van der Waals surface area contributed by atoms with Gasteiger partial charge in [0.1, 0.15) is 4.88 Å². The lowest BCUT2D eigenvalue weighted by Gasteiger charge is -2.26. The average Bonchev–Trinajstić information content (AvgIpc) is 3.24. The molecule has 0 bridgehead atoms. The second-order valence-electron chi connectivity index (χ2n) is 5.76. The quantitative estimate of drug-likeness (QED) is 0.778. The maximum Gasteiger partial charge on any atom is 0.345 e. The molecule has 0 radical (unpaired) electrons. The molecule has 8 heteroatoms. The van der Waals surface area contributed by atoms with Gasteiger partial charge in [0, 0.05) is 17.5 Å². The van der Waals surface area contributed by atoms with Gasteiger partial charge in [0.15, 0.2) is 0 Å². The van der Waals surface area contributed by atoms with E-state index in [9.17, 15) is 9.59 Å². The normalized spacial score (nSPS) is 13.7. The number of carbonyl (C=O) groups excluding carboxylic acids is 1. The average molecular weight is 357 g/mol. The van der Waals surface area contributed by atoms with E-state index in [1.165, 1.54) is 11.3 Å². The third-order valence-corrected chi connectivity index (χ3v) is 5.48. The minimum atomic E-state index is -0.924. The van der Waals surface area contributed by atoms with Crippen molar-refractivity contribution in [3.63, 3.8) is 0 Å². The Balaban J connectivity index is 1.65. The third kappa shape index (κ3) is 2.54. The van der Waals surface area contributed by atoms with Crippen molar-refractivity contribution in [2.24, 2.45) is 0 Å². The number of pyridine rings is 1. The summed E-state index contributed by atoms with van der Waals surface area (Å²) in [5.41, 5.74) is 2.22. The maximum atomic E-state index is 12.9. The Hall–Kier alpha value is -2.87. The Morgan fingerprint density at radius 3 is 2.96 bits per heavy atom. The Morgan fingerprint density at radius 2 is 2.20 bits per heavy atom. The van der Waals surface area contributed by atoms with Crippen LogP contribution >= 0.6 is 11.3 Å². The molecule has 0 unspecified atom stereocenters. The summed E-state index contributed by atoms with van der Waals surface area (Å²) in [6.45, 7) is 0.982. The molecule has 0 saturated heterocycles. The van der Waals surface area contributed by atoms with E-state index in [2.05, 4.69) is 5.10 Å². The Kier molecular flexibility index (Phi) is 3.69. The topological polar surface area (TPSA) is 84.1 Å². The molecule has 7 nitrogen and oxygen atoms in total. The van der Waals surface area contributed by atoms with E-state index in [1.807, 2.05) is 12.1 Å². The van der Waals surface area contributed by atoms with E-state index >= 15 is 0 Å². The predicted octanol–water partition coefficient (Wildman–Crippen LogP) is 2.30. The predicted molar refractivity (Wildman–Crippen MR) is 91.5 cm³/mol. The van der Waals surface area contributed by atoms with Crippen molar-refractivity contribution < 1.29 is 19.4 Å². The first-order valence-corrected chi connectivity index (χ1v) is 8.55. The van der Waals surface area contributed by atoms with Crippen LogP contribution in [0.5, 0.6) is 5.88 Å². The Labute approximate surface area is 147 Å². The maximum absolute atomic E-state index is 12.9. The van der Waals surface area contributed by atoms with Gasteiger partial charge in [-0.05, 0) is 24.1 Å². The van der Waals surface area contributed by atoms with Gasteiger partial charge < -0.3 is 14.7 Å². The van der Waals surface area contributed by atoms with E-state index < -0.39 is 5.97 Å². The summed E-state index contributed by atoms with van der Waals surface area (Å²) in [7, 11) is 1.56. The van der Waals surface area contributed by atoms with Crippen molar-refractivity contribution in [3.8, 4) is 5.88 Å². The number of thiophene rings is 1. The number of nitrogens with zero attached hydrogens (tertiary/aromatic N) is 3. The molecule has 0 atom stereocenters. The Morgan fingerprint density at radius 1 is 1.36 bits per heavy atom. The van der Waals surface area contributed by atoms with Gasteiger partial charge in [-0.15, -0.1) is 11.3 Å². The van der Waals surface area contributed by atoms with Crippen LogP contribution in [-0.4, -0.2) is 45.2 Å². The van der Waals surface area contributed by atoms with Gasteiger partial charge in [0.25, 0.3) is 5.91 Å². The summed E-state index contributed by atoms with van der Waals surface area (Å²) < 4.78 is 6.85. The van der Waals surface area contributed by atoms with Crippen LogP contribution in [0.2, 0.25) is 0 Å². The molecular formula is C17H15N3O4S. The van der Waals surface area contributed by atoms with Crippen molar-refractivity contribution in [2.75, 3.05) is 13.7 Å². The zero-order chi connectivity index (χ0) is 17.6. The van der Waals surface area contributed by atoms with Gasteiger partial charge in [-0.2, -0.15) is 5.10 Å². The van der Waals surface area contributed by atoms with Gasteiger partial charge in [0.2, 0.25) is 5.88 Å². The number of fused-ring (bicyclic) bond motifs is 2. The standard InChI is InChI=1S/C17H15N3O4S/c1-24-15-4-2-3-12-11(8-18-20(12)15)16(21)19-6-5-10-7-13(17(22)23)25-14(10)9-19/h2-4,7-8H,5-6,9H2,1H3,(H,22,23). The van der Waals surface area contributed by atoms with Crippen molar-refractivity contribution in [2.45, 2.75) is 13.0 Å². The molecule has 1 amide bonds. The highest BCUT2D eigenvalue weighted by Gasteiger charge is 2.27. The first-order valence-electron chi connectivity index (χ1n) is 7.73. The van der Waals surface area contributed by atoms with Crippen LogP contribution in [0.4, 0.5) is 0 Å². The highest BCUT2D eigenvalue weighted by Crippen LogP contribution is 2.29. The van der Waals surface area contributed by atoms with Gasteiger partial charge >= 0.3 is 5.97 Å². The lowest BCUT2D eigenvalue weighted by molar-refractivity contribution is 0.0699. The summed E-state index contributed by atoms with van der Waals surface area (Å²) in [5, 5.41) is 13.4. The Bertz CT molecular complexity index is 991. The summed E-state index contributed by atoms with van der Waals surface area (Å²) >= 11 is 1.24. The molecule has 4 rings (SSSR count). The molecule has 25 heavy (non-hydrogen) atoms. The summed E-state index contributed by atoms with van der Waals surface area (Å²) in [5.74, 6) is -0.479. The largest absolute Gasteiger partial charge is 0.481 e. The van der Waals surface area contributed by atoms with E-state index in [-0.39, 0.29) is 5.91 Å². The summed E-state index contributed by atoms with van der Waals surface area (Å²) in [4.78, 5) is 27.1. The molecular weight excluding hydrogens is 342 g/mol. The number of hydrogen-bond donors (Lipinski definition) is 1. The number of aromatic nitrogens is 2. The fraction of sp³-hybridized carbons (Fsp3) is 0.235. The molecule has 4 heterocycles. The van der Waals surface area contributed by atoms with Crippen LogP contribution in [0.1, 0.15) is 30.5 Å². The molecule has 3 aromatic heterocycles. The van der Waals surface area contributed by atoms with Crippen LogP contribution < -0.4 is 4.74 Å². The number of rotatable bonds is 3. The lowest BCUT2D eigenvalue weighted by atomic mass is 10.1. The van der Waals surface area contributed by atoms with Crippen LogP contribution in [0.15, 0.2) is 30.5 Å². The number of carbonyl (C=O) groups is 2. The van der Waals surface area contributed by atoms with Crippen molar-refractivity contribution in [1.29, 1.82) is 0 Å². The highest BCUT2D eigenvalue weighted by atomic mass is 32.1. The highest BCUT2D eigenvalue weighted by molar-refractivity contribution is 7.14. The molecule has 1 aliphatic heterocycles. The molecule has 128 valence electrons.